The van der Waals surface area contributed by atoms with Crippen molar-refractivity contribution in [2.24, 2.45) is 5.92 Å². The van der Waals surface area contributed by atoms with Crippen molar-refractivity contribution in [2.75, 3.05) is 6.54 Å². The van der Waals surface area contributed by atoms with E-state index >= 15 is 0 Å². The fourth-order valence-corrected chi connectivity index (χ4v) is 3.14. The Bertz CT molecular complexity index is 607. The van der Waals surface area contributed by atoms with Crippen LogP contribution >= 0.6 is 0 Å². The molecule has 1 aromatic rings. The number of aryl methyl sites for hydroxylation is 2. The topological polar surface area (TPSA) is 49.4 Å². The molecule has 4 heteroatoms. The zero-order chi connectivity index (χ0) is 15.2. The van der Waals surface area contributed by atoms with E-state index in [0.717, 1.165) is 18.4 Å². The first-order chi connectivity index (χ1) is 9.90. The fourth-order valence-electron chi connectivity index (χ4n) is 3.14. The lowest BCUT2D eigenvalue weighted by Gasteiger charge is -2.40. The molecule has 2 amide bonds. The molecule has 112 valence electrons. The number of nitrogens with zero attached hydrogens (tertiary/aromatic N) is 1. The Morgan fingerprint density at radius 2 is 1.95 bits per heavy atom. The van der Waals surface area contributed by atoms with E-state index in [0.29, 0.717) is 12.5 Å². The second-order valence-electron chi connectivity index (χ2n) is 6.60. The van der Waals surface area contributed by atoms with Crippen LogP contribution in [0.3, 0.4) is 0 Å². The minimum absolute atomic E-state index is 0.0483. The highest BCUT2D eigenvalue weighted by Crippen LogP contribution is 2.41. The number of benzene rings is 1. The smallest absolute Gasteiger partial charge is 0.249 e. The molecule has 1 aromatic carbocycles. The van der Waals surface area contributed by atoms with Crippen molar-refractivity contribution in [1.82, 2.24) is 10.2 Å². The molecule has 0 spiro atoms. The second-order valence-corrected chi connectivity index (χ2v) is 6.60. The molecule has 2 fully saturated rings. The summed E-state index contributed by atoms with van der Waals surface area (Å²) in [5, 5.41) is 2.91. The largest absolute Gasteiger partial charge is 0.340 e. The summed E-state index contributed by atoms with van der Waals surface area (Å²) in [5.74, 6) is 0.312. The lowest BCUT2D eigenvalue weighted by Crippen LogP contribution is -2.66. The molecule has 3 rings (SSSR count). The number of piperazine rings is 1. The van der Waals surface area contributed by atoms with Gasteiger partial charge in [-0.2, -0.15) is 0 Å². The van der Waals surface area contributed by atoms with E-state index in [1.807, 2.05) is 13.0 Å². The lowest BCUT2D eigenvalue weighted by atomic mass is 9.91. The van der Waals surface area contributed by atoms with Gasteiger partial charge in [0.25, 0.3) is 0 Å². The van der Waals surface area contributed by atoms with Crippen LogP contribution in [0.25, 0.3) is 0 Å². The normalized spacial score (nSPS) is 26.0. The standard InChI is InChI=1S/C17H22N2O2/c1-11-4-5-13(8-12(11)2)9-19-10-15(20)18-17(3,16(19)21)14-6-7-14/h4-5,8,14H,6-7,9-10H2,1-3H3,(H,18,20). The Kier molecular flexibility index (Phi) is 3.27. The van der Waals surface area contributed by atoms with Crippen LogP contribution in [0.5, 0.6) is 0 Å². The second kappa shape index (κ2) is 4.86. The summed E-state index contributed by atoms with van der Waals surface area (Å²) >= 11 is 0. The molecule has 1 atom stereocenters. The minimum Gasteiger partial charge on any atom is -0.340 e. The molecule has 4 nitrogen and oxygen atoms in total. The van der Waals surface area contributed by atoms with Crippen molar-refractivity contribution in [3.8, 4) is 0 Å². The van der Waals surface area contributed by atoms with E-state index < -0.39 is 5.54 Å². The van der Waals surface area contributed by atoms with E-state index in [1.54, 1.807) is 4.90 Å². The van der Waals surface area contributed by atoms with E-state index in [1.165, 1.54) is 11.1 Å². The zero-order valence-corrected chi connectivity index (χ0v) is 12.9. The van der Waals surface area contributed by atoms with Gasteiger partial charge >= 0.3 is 0 Å². The van der Waals surface area contributed by atoms with Crippen molar-refractivity contribution in [3.63, 3.8) is 0 Å². The highest BCUT2D eigenvalue weighted by atomic mass is 16.2. The molecule has 1 N–H and O–H groups in total. The summed E-state index contributed by atoms with van der Waals surface area (Å²) < 4.78 is 0. The maximum atomic E-state index is 12.7. The quantitative estimate of drug-likeness (QED) is 0.923. The van der Waals surface area contributed by atoms with Crippen LogP contribution in [0, 0.1) is 19.8 Å². The van der Waals surface area contributed by atoms with Crippen molar-refractivity contribution >= 4 is 11.8 Å². The molecule has 0 bridgehead atoms. The molecule has 2 aliphatic rings. The predicted molar refractivity (Wildman–Crippen MR) is 80.6 cm³/mol. The van der Waals surface area contributed by atoms with Crippen LogP contribution in [-0.2, 0) is 16.1 Å². The predicted octanol–water partition coefficient (Wildman–Crippen LogP) is 1.93. The first kappa shape index (κ1) is 14.1. The summed E-state index contributed by atoms with van der Waals surface area (Å²) in [6.45, 7) is 6.68. The Morgan fingerprint density at radius 1 is 1.24 bits per heavy atom. The van der Waals surface area contributed by atoms with Crippen LogP contribution in [0.1, 0.15) is 36.5 Å². The third-order valence-electron chi connectivity index (χ3n) is 4.80. The molecule has 0 radical (unpaired) electrons. The molecule has 0 aromatic heterocycles. The van der Waals surface area contributed by atoms with E-state index in [2.05, 4.69) is 31.3 Å². The van der Waals surface area contributed by atoms with Crippen molar-refractivity contribution in [2.45, 2.75) is 45.7 Å². The Hall–Kier alpha value is -1.84. The fraction of sp³-hybridized carbons (Fsp3) is 0.529. The summed E-state index contributed by atoms with van der Waals surface area (Å²) in [4.78, 5) is 26.4. The third-order valence-corrected chi connectivity index (χ3v) is 4.80. The van der Waals surface area contributed by atoms with Crippen molar-refractivity contribution < 1.29 is 9.59 Å². The van der Waals surface area contributed by atoms with Crippen molar-refractivity contribution in [3.05, 3.63) is 34.9 Å². The van der Waals surface area contributed by atoms with Crippen LogP contribution < -0.4 is 5.32 Å². The Morgan fingerprint density at radius 3 is 2.57 bits per heavy atom. The number of hydrogen-bond acceptors (Lipinski definition) is 2. The van der Waals surface area contributed by atoms with Crippen LogP contribution in [0.4, 0.5) is 0 Å². The lowest BCUT2D eigenvalue weighted by molar-refractivity contribution is -0.150. The van der Waals surface area contributed by atoms with Gasteiger partial charge in [-0.3, -0.25) is 9.59 Å². The molecule has 1 aliphatic carbocycles. The molecule has 1 saturated heterocycles. The third kappa shape index (κ3) is 2.55. The van der Waals surface area contributed by atoms with Gasteiger partial charge in [-0.05, 0) is 56.2 Å². The monoisotopic (exact) mass is 286 g/mol. The van der Waals surface area contributed by atoms with Gasteiger partial charge in [0, 0.05) is 6.54 Å². The highest BCUT2D eigenvalue weighted by Gasteiger charge is 2.52. The summed E-state index contributed by atoms with van der Waals surface area (Å²) in [5.41, 5.74) is 2.84. The SMILES string of the molecule is Cc1ccc(CN2CC(=O)NC(C)(C3CC3)C2=O)cc1C. The van der Waals surface area contributed by atoms with Crippen molar-refractivity contribution in [1.29, 1.82) is 0 Å². The number of carbonyl (C=O) groups is 2. The van der Waals surface area contributed by atoms with Gasteiger partial charge in [-0.1, -0.05) is 18.2 Å². The van der Waals surface area contributed by atoms with Gasteiger partial charge in [0.05, 0.1) is 6.54 Å². The van der Waals surface area contributed by atoms with E-state index in [-0.39, 0.29) is 18.4 Å². The van der Waals surface area contributed by atoms with Crippen LogP contribution in [0.2, 0.25) is 0 Å². The number of amides is 2. The molecule has 1 aliphatic heterocycles. The number of nitrogens with one attached hydrogen (secondary N) is 1. The maximum absolute atomic E-state index is 12.7. The van der Waals surface area contributed by atoms with Crippen LogP contribution in [0.15, 0.2) is 18.2 Å². The molecular formula is C17H22N2O2. The van der Waals surface area contributed by atoms with Gasteiger partial charge in [-0.15, -0.1) is 0 Å². The first-order valence-electron chi connectivity index (χ1n) is 7.56. The zero-order valence-electron chi connectivity index (χ0n) is 12.9. The molecule has 1 saturated carbocycles. The van der Waals surface area contributed by atoms with Gasteiger partial charge < -0.3 is 10.2 Å². The Balaban J connectivity index is 1.82. The van der Waals surface area contributed by atoms with Gasteiger partial charge in [0.2, 0.25) is 11.8 Å². The summed E-state index contributed by atoms with van der Waals surface area (Å²) in [6, 6.07) is 6.21. The molecule has 1 heterocycles. The Labute approximate surface area is 125 Å². The van der Waals surface area contributed by atoms with E-state index in [4.69, 9.17) is 0 Å². The van der Waals surface area contributed by atoms with E-state index in [9.17, 15) is 9.59 Å². The summed E-state index contributed by atoms with van der Waals surface area (Å²) in [6.07, 6.45) is 2.06. The highest BCUT2D eigenvalue weighted by molar-refractivity contribution is 5.98. The van der Waals surface area contributed by atoms with Gasteiger partial charge in [0.15, 0.2) is 0 Å². The van der Waals surface area contributed by atoms with Gasteiger partial charge in [0.1, 0.15) is 5.54 Å². The number of hydrogen-bond donors (Lipinski definition) is 1. The van der Waals surface area contributed by atoms with Crippen LogP contribution in [-0.4, -0.2) is 28.8 Å². The molecule has 21 heavy (non-hydrogen) atoms. The number of carbonyl (C=O) groups excluding carboxylic acids is 2. The summed E-state index contributed by atoms with van der Waals surface area (Å²) in [7, 11) is 0. The maximum Gasteiger partial charge on any atom is 0.249 e. The minimum atomic E-state index is -0.699. The molecular weight excluding hydrogens is 264 g/mol. The average Bonchev–Trinajstić information content (AvgIpc) is 3.24. The molecule has 1 unspecified atom stereocenters. The number of rotatable bonds is 3. The average molecular weight is 286 g/mol. The van der Waals surface area contributed by atoms with Gasteiger partial charge in [-0.25, -0.2) is 0 Å². The first-order valence-corrected chi connectivity index (χ1v) is 7.56.